The lowest BCUT2D eigenvalue weighted by atomic mass is 10.1. The molecular formula is C33H37N5O5. The number of benzene rings is 3. The summed E-state index contributed by atoms with van der Waals surface area (Å²) in [7, 11) is 1.58. The molecule has 3 amide bonds. The van der Waals surface area contributed by atoms with Crippen molar-refractivity contribution in [2.45, 2.75) is 39.0 Å². The normalized spacial score (nSPS) is 11.3. The van der Waals surface area contributed by atoms with Crippen LogP contribution < -0.4 is 15.0 Å². The molecule has 1 unspecified atom stereocenters. The predicted octanol–water partition coefficient (Wildman–Crippen LogP) is 4.73. The van der Waals surface area contributed by atoms with Crippen molar-refractivity contribution in [3.8, 4) is 5.75 Å². The van der Waals surface area contributed by atoms with Crippen LogP contribution in [0.4, 0.5) is 10.5 Å². The number of para-hydroxylation sites is 1. The summed E-state index contributed by atoms with van der Waals surface area (Å²) in [5, 5.41) is 2.72. The van der Waals surface area contributed by atoms with Crippen molar-refractivity contribution in [3.63, 3.8) is 0 Å². The molecule has 0 aliphatic rings. The van der Waals surface area contributed by atoms with Crippen molar-refractivity contribution in [2.24, 2.45) is 0 Å². The van der Waals surface area contributed by atoms with Crippen LogP contribution in [-0.2, 0) is 33.9 Å². The Balaban J connectivity index is 1.58. The average molecular weight is 584 g/mol. The summed E-state index contributed by atoms with van der Waals surface area (Å²) < 4.78 is 10.7. The fourth-order valence-corrected chi connectivity index (χ4v) is 4.58. The summed E-state index contributed by atoms with van der Waals surface area (Å²) in [6.45, 7) is 2.49. The lowest BCUT2D eigenvalue weighted by molar-refractivity contribution is -0.137. The highest BCUT2D eigenvalue weighted by Gasteiger charge is 2.30. The first kappa shape index (κ1) is 30.8. The fraction of sp³-hybridized carbons (Fsp3) is 0.273. The van der Waals surface area contributed by atoms with Gasteiger partial charge in [-0.05, 0) is 41.8 Å². The van der Waals surface area contributed by atoms with Crippen LogP contribution >= 0.6 is 0 Å². The largest absolute Gasteiger partial charge is 0.497 e. The van der Waals surface area contributed by atoms with Gasteiger partial charge in [-0.2, -0.15) is 0 Å². The van der Waals surface area contributed by atoms with Gasteiger partial charge in [0.05, 0.1) is 13.4 Å². The topological polar surface area (TPSA) is 117 Å². The number of nitrogens with zero attached hydrogens (tertiary/aromatic N) is 3. The molecule has 43 heavy (non-hydrogen) atoms. The zero-order valence-corrected chi connectivity index (χ0v) is 24.4. The zero-order chi connectivity index (χ0) is 30.4. The van der Waals surface area contributed by atoms with Crippen molar-refractivity contribution in [3.05, 3.63) is 114 Å². The SMILES string of the molecule is CCCN(C(=O)CN(Cc1ccc(OC)cc1)C(=O)C(Cc1cnc[nH]1)NC(=O)OCc1ccccc1)c1ccccc1. The highest BCUT2D eigenvalue weighted by Crippen LogP contribution is 2.18. The van der Waals surface area contributed by atoms with Crippen LogP contribution in [0.3, 0.4) is 0 Å². The summed E-state index contributed by atoms with van der Waals surface area (Å²) in [5.41, 5.74) is 3.02. The molecule has 0 bridgehead atoms. The number of anilines is 1. The number of hydrogen-bond acceptors (Lipinski definition) is 6. The van der Waals surface area contributed by atoms with E-state index in [4.69, 9.17) is 9.47 Å². The number of methoxy groups -OCH3 is 1. The number of nitrogens with one attached hydrogen (secondary N) is 2. The highest BCUT2D eigenvalue weighted by atomic mass is 16.5. The van der Waals surface area contributed by atoms with E-state index in [0.29, 0.717) is 18.0 Å². The van der Waals surface area contributed by atoms with Crippen molar-refractivity contribution in [1.82, 2.24) is 20.2 Å². The number of amides is 3. The minimum absolute atomic E-state index is 0.0503. The molecule has 1 heterocycles. The first-order valence-corrected chi connectivity index (χ1v) is 14.2. The van der Waals surface area contributed by atoms with Crippen LogP contribution in [0.5, 0.6) is 5.75 Å². The van der Waals surface area contributed by atoms with Gasteiger partial charge in [-0.25, -0.2) is 9.78 Å². The van der Waals surface area contributed by atoms with Crippen molar-refractivity contribution < 1.29 is 23.9 Å². The van der Waals surface area contributed by atoms with Gasteiger partial charge in [-0.15, -0.1) is 0 Å². The molecule has 0 saturated heterocycles. The number of aromatic amines is 1. The molecule has 1 aromatic heterocycles. The second kappa shape index (κ2) is 15.8. The van der Waals surface area contributed by atoms with E-state index >= 15 is 0 Å². The number of imidazole rings is 1. The zero-order valence-electron chi connectivity index (χ0n) is 24.4. The fourth-order valence-electron chi connectivity index (χ4n) is 4.58. The van der Waals surface area contributed by atoms with E-state index in [2.05, 4.69) is 15.3 Å². The Labute approximate surface area is 251 Å². The summed E-state index contributed by atoms with van der Waals surface area (Å²) in [5.74, 6) is 0.0117. The highest BCUT2D eigenvalue weighted by molar-refractivity contribution is 5.97. The maximum absolute atomic E-state index is 14.2. The molecule has 1 atom stereocenters. The number of rotatable bonds is 14. The van der Waals surface area contributed by atoms with E-state index in [1.54, 1.807) is 30.3 Å². The predicted molar refractivity (Wildman–Crippen MR) is 163 cm³/mol. The second-order valence-corrected chi connectivity index (χ2v) is 9.96. The molecule has 0 saturated carbocycles. The minimum atomic E-state index is -1.02. The number of aromatic nitrogens is 2. The average Bonchev–Trinajstić information content (AvgIpc) is 3.56. The van der Waals surface area contributed by atoms with E-state index in [-0.39, 0.29) is 32.0 Å². The lowest BCUT2D eigenvalue weighted by Gasteiger charge is -2.30. The molecule has 10 nitrogen and oxygen atoms in total. The Morgan fingerprint density at radius 3 is 2.26 bits per heavy atom. The number of alkyl carbamates (subject to hydrolysis) is 1. The Kier molecular flexibility index (Phi) is 11.3. The van der Waals surface area contributed by atoms with Gasteiger partial charge in [0.25, 0.3) is 0 Å². The molecule has 3 aromatic carbocycles. The molecule has 10 heteroatoms. The van der Waals surface area contributed by atoms with Crippen LogP contribution in [0, 0.1) is 0 Å². The molecule has 0 aliphatic carbocycles. The van der Waals surface area contributed by atoms with Crippen molar-refractivity contribution in [1.29, 1.82) is 0 Å². The molecule has 0 radical (unpaired) electrons. The molecule has 0 fully saturated rings. The third kappa shape index (κ3) is 9.19. The lowest BCUT2D eigenvalue weighted by Crippen LogP contribution is -2.52. The summed E-state index contributed by atoms with van der Waals surface area (Å²) in [6, 6.07) is 24.9. The van der Waals surface area contributed by atoms with E-state index in [9.17, 15) is 14.4 Å². The van der Waals surface area contributed by atoms with Gasteiger partial charge >= 0.3 is 6.09 Å². The number of carbonyl (C=O) groups excluding carboxylic acids is 3. The quantitative estimate of drug-likeness (QED) is 0.222. The standard InChI is InChI=1S/C33H37N5O5/c1-3-18-38(28-12-8-5-9-13-28)31(39)22-37(21-25-14-16-29(42-2)17-15-25)32(40)30(19-27-20-34-24-35-27)36-33(41)43-23-26-10-6-4-7-11-26/h4-17,20,24,30H,3,18-19,21-23H2,1-2H3,(H,34,35)(H,36,41). The van der Waals surface area contributed by atoms with Gasteiger partial charge in [0.2, 0.25) is 11.8 Å². The Hall–Kier alpha value is -5.12. The Morgan fingerprint density at radius 1 is 0.930 bits per heavy atom. The molecule has 2 N–H and O–H groups in total. The van der Waals surface area contributed by atoms with Crippen LogP contribution in [0.1, 0.15) is 30.2 Å². The van der Waals surface area contributed by atoms with Gasteiger partial charge < -0.3 is 29.6 Å². The monoisotopic (exact) mass is 583 g/mol. The number of hydrogen-bond donors (Lipinski definition) is 2. The maximum atomic E-state index is 14.2. The molecule has 224 valence electrons. The number of H-pyrrole nitrogens is 1. The van der Waals surface area contributed by atoms with Crippen LogP contribution in [0.25, 0.3) is 0 Å². The van der Waals surface area contributed by atoms with Crippen LogP contribution in [0.2, 0.25) is 0 Å². The van der Waals surface area contributed by atoms with Gasteiger partial charge in [0, 0.05) is 37.1 Å². The summed E-state index contributed by atoms with van der Waals surface area (Å²) >= 11 is 0. The number of carbonyl (C=O) groups is 3. The maximum Gasteiger partial charge on any atom is 0.408 e. The van der Waals surface area contributed by atoms with Crippen molar-refractivity contribution in [2.75, 3.05) is 25.1 Å². The van der Waals surface area contributed by atoms with Gasteiger partial charge in [-0.3, -0.25) is 9.59 Å². The van der Waals surface area contributed by atoms with E-state index in [1.165, 1.54) is 11.2 Å². The van der Waals surface area contributed by atoms with E-state index in [0.717, 1.165) is 23.2 Å². The van der Waals surface area contributed by atoms with Gasteiger partial charge in [0.15, 0.2) is 0 Å². The molecule has 0 aliphatic heterocycles. The molecule has 4 rings (SSSR count). The van der Waals surface area contributed by atoms with Crippen LogP contribution in [-0.4, -0.2) is 59.0 Å². The van der Waals surface area contributed by atoms with Gasteiger partial charge in [-0.1, -0.05) is 67.6 Å². The number of ether oxygens (including phenoxy) is 2. The van der Waals surface area contributed by atoms with E-state index < -0.39 is 18.0 Å². The first-order valence-electron chi connectivity index (χ1n) is 14.2. The van der Waals surface area contributed by atoms with E-state index in [1.807, 2.05) is 79.7 Å². The summed E-state index contributed by atoms with van der Waals surface area (Å²) in [4.78, 5) is 51.0. The summed E-state index contributed by atoms with van der Waals surface area (Å²) in [6.07, 6.45) is 3.23. The smallest absolute Gasteiger partial charge is 0.408 e. The third-order valence-electron chi connectivity index (χ3n) is 6.77. The third-order valence-corrected chi connectivity index (χ3v) is 6.77. The molecule has 0 spiro atoms. The van der Waals surface area contributed by atoms with Crippen LogP contribution in [0.15, 0.2) is 97.5 Å². The molecular weight excluding hydrogens is 546 g/mol. The molecule has 4 aromatic rings. The minimum Gasteiger partial charge on any atom is -0.497 e. The Morgan fingerprint density at radius 2 is 1.63 bits per heavy atom. The van der Waals surface area contributed by atoms with Gasteiger partial charge in [0.1, 0.15) is 24.9 Å². The first-order chi connectivity index (χ1) is 21.0. The Bertz CT molecular complexity index is 1430. The second-order valence-electron chi connectivity index (χ2n) is 9.96. The van der Waals surface area contributed by atoms with Crippen molar-refractivity contribution >= 4 is 23.6 Å².